The summed E-state index contributed by atoms with van der Waals surface area (Å²) in [7, 11) is 0. The average Bonchev–Trinajstić information content (AvgIpc) is 2.63. The molecule has 7 heteroatoms. The molecular formula is C11H15BrClN3O2. The number of amides is 1. The number of aryl methyl sites for hydroxylation is 1. The average molecular weight is 337 g/mol. The summed E-state index contributed by atoms with van der Waals surface area (Å²) in [6.07, 6.45) is 2.93. The van der Waals surface area contributed by atoms with Crippen LogP contribution in [-0.2, 0) is 16.1 Å². The van der Waals surface area contributed by atoms with Crippen molar-refractivity contribution in [3.8, 4) is 0 Å². The van der Waals surface area contributed by atoms with Gasteiger partial charge in [0.15, 0.2) is 0 Å². The topological polar surface area (TPSA) is 64.0 Å². The lowest BCUT2D eigenvalue weighted by atomic mass is 10.3. The maximum atomic E-state index is 11.5. The monoisotopic (exact) mass is 335 g/mol. The van der Waals surface area contributed by atoms with Crippen LogP contribution in [0, 0.1) is 6.92 Å². The molecule has 1 heterocycles. The Kier molecular flexibility index (Phi) is 6.35. The summed E-state index contributed by atoms with van der Waals surface area (Å²) in [4.78, 5) is 22.0. The Morgan fingerprint density at radius 2 is 2.22 bits per heavy atom. The molecule has 0 saturated carbocycles. The van der Waals surface area contributed by atoms with Gasteiger partial charge in [-0.15, -0.1) is 0 Å². The van der Waals surface area contributed by atoms with Gasteiger partial charge in [-0.25, -0.2) is 0 Å². The van der Waals surface area contributed by atoms with E-state index in [4.69, 9.17) is 11.6 Å². The predicted molar refractivity (Wildman–Crippen MR) is 72.4 cm³/mol. The van der Waals surface area contributed by atoms with E-state index in [9.17, 15) is 9.59 Å². The summed E-state index contributed by atoms with van der Waals surface area (Å²) < 4.78 is 2.70. The first-order valence-electron chi connectivity index (χ1n) is 5.63. The lowest BCUT2D eigenvalue weighted by Crippen LogP contribution is -2.26. The molecule has 1 rings (SSSR count). The van der Waals surface area contributed by atoms with Crippen LogP contribution in [0.15, 0.2) is 10.7 Å². The van der Waals surface area contributed by atoms with Crippen molar-refractivity contribution in [1.82, 2.24) is 15.1 Å². The number of carbonyl (C=O) groups is 2. The number of halogens is 2. The Morgan fingerprint density at radius 3 is 2.78 bits per heavy atom. The van der Waals surface area contributed by atoms with E-state index in [0.29, 0.717) is 25.9 Å². The molecule has 0 spiro atoms. The molecule has 5 nitrogen and oxygen atoms in total. The summed E-state index contributed by atoms with van der Waals surface area (Å²) in [5, 5.41) is 6.49. The second-order valence-electron chi connectivity index (χ2n) is 3.86. The van der Waals surface area contributed by atoms with Gasteiger partial charge in [0.25, 0.3) is 0 Å². The van der Waals surface area contributed by atoms with Crippen LogP contribution >= 0.6 is 27.5 Å². The van der Waals surface area contributed by atoms with Crippen LogP contribution in [0.4, 0.5) is 0 Å². The van der Waals surface area contributed by atoms with Gasteiger partial charge in [-0.1, -0.05) is 0 Å². The van der Waals surface area contributed by atoms with Crippen molar-refractivity contribution in [3.63, 3.8) is 0 Å². The Morgan fingerprint density at radius 1 is 1.50 bits per heavy atom. The number of aromatic nitrogens is 2. The highest BCUT2D eigenvalue weighted by molar-refractivity contribution is 9.10. The van der Waals surface area contributed by atoms with E-state index in [1.165, 1.54) is 0 Å². The van der Waals surface area contributed by atoms with E-state index in [-0.39, 0.29) is 17.6 Å². The SMILES string of the molecule is Cc1c(Br)cnn1CCC(=O)NCCCC(=O)Cl. The van der Waals surface area contributed by atoms with Crippen LogP contribution < -0.4 is 5.32 Å². The number of nitrogens with one attached hydrogen (secondary N) is 1. The fraction of sp³-hybridized carbons (Fsp3) is 0.545. The lowest BCUT2D eigenvalue weighted by molar-refractivity contribution is -0.121. The molecule has 0 aliphatic heterocycles. The van der Waals surface area contributed by atoms with Crippen LogP contribution in [0.5, 0.6) is 0 Å². The van der Waals surface area contributed by atoms with Gasteiger partial charge >= 0.3 is 0 Å². The molecule has 1 amide bonds. The van der Waals surface area contributed by atoms with Crippen LogP contribution in [0.2, 0.25) is 0 Å². The van der Waals surface area contributed by atoms with Crippen molar-refractivity contribution in [1.29, 1.82) is 0 Å². The van der Waals surface area contributed by atoms with E-state index < -0.39 is 0 Å². The first kappa shape index (κ1) is 15.2. The number of rotatable bonds is 7. The first-order valence-corrected chi connectivity index (χ1v) is 6.80. The van der Waals surface area contributed by atoms with Gasteiger partial charge in [0, 0.05) is 31.6 Å². The first-order chi connectivity index (χ1) is 8.50. The summed E-state index contributed by atoms with van der Waals surface area (Å²) in [5.41, 5.74) is 0.996. The van der Waals surface area contributed by atoms with Gasteiger partial charge in [-0.2, -0.15) is 5.10 Å². The van der Waals surface area contributed by atoms with Crippen LogP contribution in [0.25, 0.3) is 0 Å². The van der Waals surface area contributed by atoms with Crippen molar-refractivity contribution in [2.24, 2.45) is 0 Å². The molecule has 0 atom stereocenters. The molecule has 0 aliphatic rings. The number of carbonyl (C=O) groups excluding carboxylic acids is 2. The smallest absolute Gasteiger partial charge is 0.221 e. The highest BCUT2D eigenvalue weighted by atomic mass is 79.9. The Labute approximate surface area is 119 Å². The standard InChI is InChI=1S/C11H15BrClN3O2/c1-8-9(12)7-15-16(8)6-4-11(18)14-5-2-3-10(13)17/h7H,2-6H2,1H3,(H,14,18). The predicted octanol–water partition coefficient (Wildman–Crippen LogP) is 2.01. The van der Waals surface area contributed by atoms with Crippen molar-refractivity contribution < 1.29 is 9.59 Å². The van der Waals surface area contributed by atoms with Crippen LogP contribution in [0.3, 0.4) is 0 Å². The molecule has 1 aromatic rings. The van der Waals surface area contributed by atoms with Gasteiger partial charge in [0.05, 0.1) is 10.7 Å². The molecule has 1 N–H and O–H groups in total. The van der Waals surface area contributed by atoms with Crippen molar-refractivity contribution in [2.75, 3.05) is 6.54 Å². The third-order valence-corrected chi connectivity index (χ3v) is 3.43. The minimum absolute atomic E-state index is 0.0527. The molecule has 1 aromatic heterocycles. The molecule has 0 fully saturated rings. The van der Waals surface area contributed by atoms with E-state index in [2.05, 4.69) is 26.3 Å². The molecule has 100 valence electrons. The normalized spacial score (nSPS) is 10.4. The maximum absolute atomic E-state index is 11.5. The third-order valence-electron chi connectivity index (χ3n) is 2.47. The maximum Gasteiger partial charge on any atom is 0.221 e. The number of nitrogens with zero attached hydrogens (tertiary/aromatic N) is 2. The highest BCUT2D eigenvalue weighted by Gasteiger charge is 2.06. The largest absolute Gasteiger partial charge is 0.356 e. The molecule has 0 saturated heterocycles. The second-order valence-corrected chi connectivity index (χ2v) is 5.14. The Hall–Kier alpha value is -0.880. The van der Waals surface area contributed by atoms with E-state index in [0.717, 1.165) is 10.2 Å². The van der Waals surface area contributed by atoms with Crippen molar-refractivity contribution in [3.05, 3.63) is 16.4 Å². The van der Waals surface area contributed by atoms with Crippen molar-refractivity contribution in [2.45, 2.75) is 32.7 Å². The fourth-order valence-electron chi connectivity index (χ4n) is 1.40. The zero-order valence-electron chi connectivity index (χ0n) is 10.1. The van der Waals surface area contributed by atoms with Crippen LogP contribution in [0.1, 0.15) is 25.0 Å². The number of hydrogen-bond acceptors (Lipinski definition) is 3. The molecule has 0 bridgehead atoms. The Balaban J connectivity index is 2.21. The summed E-state index contributed by atoms with van der Waals surface area (Å²) >= 11 is 8.55. The molecule has 0 radical (unpaired) electrons. The lowest BCUT2D eigenvalue weighted by Gasteiger charge is -2.06. The quantitative estimate of drug-likeness (QED) is 0.612. The summed E-state index contributed by atoms with van der Waals surface area (Å²) in [6, 6.07) is 0. The van der Waals surface area contributed by atoms with Gasteiger partial charge in [0.2, 0.25) is 11.1 Å². The third kappa shape index (κ3) is 5.18. The molecular weight excluding hydrogens is 321 g/mol. The zero-order valence-corrected chi connectivity index (χ0v) is 12.4. The van der Waals surface area contributed by atoms with E-state index in [1.54, 1.807) is 10.9 Å². The summed E-state index contributed by atoms with van der Waals surface area (Å²) in [5.74, 6) is -0.0527. The zero-order chi connectivity index (χ0) is 13.5. The fourth-order valence-corrected chi connectivity index (χ4v) is 1.83. The van der Waals surface area contributed by atoms with E-state index >= 15 is 0 Å². The van der Waals surface area contributed by atoms with E-state index in [1.807, 2.05) is 6.92 Å². The van der Waals surface area contributed by atoms with Crippen molar-refractivity contribution >= 4 is 38.7 Å². The minimum atomic E-state index is -0.374. The number of hydrogen-bond donors (Lipinski definition) is 1. The molecule has 0 unspecified atom stereocenters. The molecule has 0 aliphatic carbocycles. The summed E-state index contributed by atoms with van der Waals surface area (Å²) in [6.45, 7) is 2.94. The highest BCUT2D eigenvalue weighted by Crippen LogP contribution is 2.14. The van der Waals surface area contributed by atoms with Gasteiger partial charge in [-0.3, -0.25) is 14.3 Å². The van der Waals surface area contributed by atoms with Gasteiger partial charge in [0.1, 0.15) is 0 Å². The molecule has 0 aromatic carbocycles. The van der Waals surface area contributed by atoms with Gasteiger partial charge < -0.3 is 5.32 Å². The van der Waals surface area contributed by atoms with Crippen LogP contribution in [-0.4, -0.2) is 27.5 Å². The second kappa shape index (κ2) is 7.53. The van der Waals surface area contributed by atoms with Gasteiger partial charge in [-0.05, 0) is 40.9 Å². The Bertz CT molecular complexity index is 434. The minimum Gasteiger partial charge on any atom is -0.356 e. The molecule has 18 heavy (non-hydrogen) atoms.